The smallest absolute Gasteiger partial charge is 0.410 e. The van der Waals surface area contributed by atoms with Crippen LogP contribution in [0.25, 0.3) is 0 Å². The Morgan fingerprint density at radius 1 is 1.44 bits per heavy atom. The summed E-state index contributed by atoms with van der Waals surface area (Å²) in [6, 6.07) is 0. The lowest BCUT2D eigenvalue weighted by Gasteiger charge is -2.34. The van der Waals surface area contributed by atoms with E-state index >= 15 is 0 Å². The van der Waals surface area contributed by atoms with Crippen molar-refractivity contribution in [2.75, 3.05) is 26.7 Å². The van der Waals surface area contributed by atoms with Crippen LogP contribution in [0.4, 0.5) is 4.79 Å². The number of hydroxylamine groups is 1. The van der Waals surface area contributed by atoms with E-state index in [0.717, 1.165) is 32.4 Å². The Hall–Kier alpha value is -0.810. The second-order valence-electron chi connectivity index (χ2n) is 5.78. The topological polar surface area (TPSA) is 50.8 Å². The molecular weight excluding hydrogens is 232 g/mol. The molecule has 0 bridgehead atoms. The molecule has 1 fully saturated rings. The highest BCUT2D eigenvalue weighted by molar-refractivity contribution is 5.68. The minimum Gasteiger partial charge on any atom is -0.444 e. The quantitative estimate of drug-likeness (QED) is 0.620. The highest BCUT2D eigenvalue weighted by atomic mass is 16.6. The van der Waals surface area contributed by atoms with Crippen molar-refractivity contribution in [3.8, 4) is 0 Å². The van der Waals surface area contributed by atoms with Crippen LogP contribution in [-0.2, 0) is 9.57 Å². The normalized spacial score (nSPS) is 20.9. The van der Waals surface area contributed by atoms with Gasteiger partial charge in [0.1, 0.15) is 5.60 Å². The zero-order valence-electron chi connectivity index (χ0n) is 12.0. The van der Waals surface area contributed by atoms with Gasteiger partial charge >= 0.3 is 6.09 Å². The van der Waals surface area contributed by atoms with E-state index in [1.165, 1.54) is 0 Å². The molecule has 1 aliphatic heterocycles. The molecule has 1 atom stereocenters. The molecule has 0 aromatic carbocycles. The van der Waals surface area contributed by atoms with Gasteiger partial charge < -0.3 is 14.5 Å². The van der Waals surface area contributed by atoms with E-state index < -0.39 is 5.60 Å². The molecule has 0 aliphatic carbocycles. The van der Waals surface area contributed by atoms with E-state index in [2.05, 4.69) is 5.48 Å². The molecular formula is C13H26N2O3. The van der Waals surface area contributed by atoms with E-state index in [-0.39, 0.29) is 6.09 Å². The molecule has 1 heterocycles. The number of nitrogens with one attached hydrogen (secondary N) is 1. The lowest BCUT2D eigenvalue weighted by molar-refractivity contribution is 0.00959. The average molecular weight is 258 g/mol. The number of hydrogen-bond acceptors (Lipinski definition) is 4. The van der Waals surface area contributed by atoms with Crippen molar-refractivity contribution >= 4 is 6.09 Å². The van der Waals surface area contributed by atoms with Gasteiger partial charge in [-0.1, -0.05) is 0 Å². The molecule has 0 spiro atoms. The lowest BCUT2D eigenvalue weighted by atomic mass is 9.95. The molecule has 0 radical (unpaired) electrons. The van der Waals surface area contributed by atoms with Crippen molar-refractivity contribution < 1.29 is 14.4 Å². The average Bonchev–Trinajstić information content (AvgIpc) is 2.27. The first-order chi connectivity index (χ1) is 8.42. The Morgan fingerprint density at radius 3 is 2.78 bits per heavy atom. The first-order valence-corrected chi connectivity index (χ1v) is 6.69. The Morgan fingerprint density at radius 2 is 2.17 bits per heavy atom. The maximum absolute atomic E-state index is 11.9. The molecule has 0 aromatic heterocycles. The summed E-state index contributed by atoms with van der Waals surface area (Å²) < 4.78 is 5.39. The van der Waals surface area contributed by atoms with Gasteiger partial charge in [-0.3, -0.25) is 0 Å². The standard InChI is InChI=1S/C13H26N2O3/c1-13(2,3)18-12(16)15-8-5-6-11(10-15)7-9-17-14-4/h11,14H,5-10H2,1-4H3. The number of nitrogens with zero attached hydrogens (tertiary/aromatic N) is 1. The molecule has 5 nitrogen and oxygen atoms in total. The van der Waals surface area contributed by atoms with Crippen LogP contribution in [-0.4, -0.2) is 43.3 Å². The van der Waals surface area contributed by atoms with Gasteiger partial charge in [0.25, 0.3) is 0 Å². The van der Waals surface area contributed by atoms with Crippen LogP contribution in [0.5, 0.6) is 0 Å². The van der Waals surface area contributed by atoms with Gasteiger partial charge in [-0.05, 0) is 46.0 Å². The number of hydrogen-bond donors (Lipinski definition) is 1. The van der Waals surface area contributed by atoms with Crippen LogP contribution in [0.15, 0.2) is 0 Å². The maximum Gasteiger partial charge on any atom is 0.410 e. The van der Waals surface area contributed by atoms with Gasteiger partial charge in [0.15, 0.2) is 0 Å². The molecule has 5 heteroatoms. The molecule has 1 aliphatic rings. The van der Waals surface area contributed by atoms with E-state index in [0.29, 0.717) is 12.5 Å². The molecule has 1 saturated heterocycles. The van der Waals surface area contributed by atoms with Gasteiger partial charge in [-0.2, -0.15) is 0 Å². The Balaban J connectivity index is 2.36. The summed E-state index contributed by atoms with van der Waals surface area (Å²) in [6.07, 6.45) is 2.98. The van der Waals surface area contributed by atoms with Gasteiger partial charge in [-0.25, -0.2) is 10.3 Å². The van der Waals surface area contributed by atoms with E-state index in [1.54, 1.807) is 7.05 Å². The number of piperidine rings is 1. The van der Waals surface area contributed by atoms with E-state index in [4.69, 9.17) is 9.57 Å². The number of rotatable bonds is 4. The van der Waals surface area contributed by atoms with Crippen molar-refractivity contribution in [1.29, 1.82) is 0 Å². The highest BCUT2D eigenvalue weighted by Crippen LogP contribution is 2.21. The van der Waals surface area contributed by atoms with Gasteiger partial charge in [-0.15, -0.1) is 0 Å². The Bertz CT molecular complexity index is 263. The molecule has 1 unspecified atom stereocenters. The largest absolute Gasteiger partial charge is 0.444 e. The molecule has 0 saturated carbocycles. The van der Waals surface area contributed by atoms with Gasteiger partial charge in [0.05, 0.1) is 6.61 Å². The SMILES string of the molecule is CNOCCC1CCCN(C(=O)OC(C)(C)C)C1. The Labute approximate surface area is 110 Å². The lowest BCUT2D eigenvalue weighted by Crippen LogP contribution is -2.43. The zero-order chi connectivity index (χ0) is 13.6. The van der Waals surface area contributed by atoms with Crippen LogP contribution < -0.4 is 5.48 Å². The third-order valence-corrected chi connectivity index (χ3v) is 2.94. The van der Waals surface area contributed by atoms with Crippen LogP contribution >= 0.6 is 0 Å². The van der Waals surface area contributed by atoms with E-state index in [9.17, 15) is 4.79 Å². The Kier molecular flexibility index (Phi) is 5.88. The first kappa shape index (κ1) is 15.2. The van der Waals surface area contributed by atoms with Crippen molar-refractivity contribution in [2.24, 2.45) is 5.92 Å². The molecule has 0 aromatic rings. The number of carbonyl (C=O) groups excluding carboxylic acids is 1. The van der Waals surface area contributed by atoms with Crippen molar-refractivity contribution in [1.82, 2.24) is 10.4 Å². The minimum atomic E-state index is -0.417. The predicted octanol–water partition coefficient (Wildman–Crippen LogP) is 2.17. The van der Waals surface area contributed by atoms with Gasteiger partial charge in [0.2, 0.25) is 0 Å². The molecule has 18 heavy (non-hydrogen) atoms. The summed E-state index contributed by atoms with van der Waals surface area (Å²) in [6.45, 7) is 7.96. The van der Waals surface area contributed by atoms with Crippen molar-refractivity contribution in [3.05, 3.63) is 0 Å². The predicted molar refractivity (Wildman–Crippen MR) is 70.2 cm³/mol. The molecule has 1 rings (SSSR count). The van der Waals surface area contributed by atoms with Crippen molar-refractivity contribution in [2.45, 2.75) is 45.6 Å². The maximum atomic E-state index is 11.9. The molecule has 1 amide bonds. The second-order valence-corrected chi connectivity index (χ2v) is 5.78. The fourth-order valence-electron chi connectivity index (χ4n) is 2.12. The number of likely N-dealkylation sites (tertiary alicyclic amines) is 1. The summed E-state index contributed by atoms with van der Waals surface area (Å²) in [7, 11) is 1.76. The van der Waals surface area contributed by atoms with Gasteiger partial charge in [0, 0.05) is 20.1 Å². The van der Waals surface area contributed by atoms with Crippen LogP contribution in [0, 0.1) is 5.92 Å². The number of amides is 1. The monoisotopic (exact) mass is 258 g/mol. The van der Waals surface area contributed by atoms with Crippen LogP contribution in [0.2, 0.25) is 0 Å². The fraction of sp³-hybridized carbons (Fsp3) is 0.923. The summed E-state index contributed by atoms with van der Waals surface area (Å²) >= 11 is 0. The van der Waals surface area contributed by atoms with Crippen molar-refractivity contribution in [3.63, 3.8) is 0 Å². The molecule has 1 N–H and O–H groups in total. The summed E-state index contributed by atoms with van der Waals surface area (Å²) in [5.74, 6) is 0.514. The third kappa shape index (κ3) is 5.69. The summed E-state index contributed by atoms with van der Waals surface area (Å²) in [4.78, 5) is 18.9. The number of ether oxygens (including phenoxy) is 1. The second kappa shape index (κ2) is 6.95. The zero-order valence-corrected chi connectivity index (χ0v) is 12.0. The first-order valence-electron chi connectivity index (χ1n) is 6.69. The van der Waals surface area contributed by atoms with Crippen LogP contribution in [0.3, 0.4) is 0 Å². The summed E-state index contributed by atoms with van der Waals surface area (Å²) in [5, 5.41) is 0. The highest BCUT2D eigenvalue weighted by Gasteiger charge is 2.27. The third-order valence-electron chi connectivity index (χ3n) is 2.94. The summed E-state index contributed by atoms with van der Waals surface area (Å²) in [5.41, 5.74) is 2.25. The minimum absolute atomic E-state index is 0.193. The van der Waals surface area contributed by atoms with Crippen LogP contribution in [0.1, 0.15) is 40.0 Å². The fourth-order valence-corrected chi connectivity index (χ4v) is 2.12. The number of carbonyl (C=O) groups is 1. The molecule has 106 valence electrons. The van der Waals surface area contributed by atoms with E-state index in [1.807, 2.05) is 25.7 Å².